The van der Waals surface area contributed by atoms with Gasteiger partial charge >= 0.3 is 0 Å². The normalized spacial score (nSPS) is 19.3. The highest BCUT2D eigenvalue weighted by atomic mass is 35.5. The summed E-state index contributed by atoms with van der Waals surface area (Å²) in [6.07, 6.45) is 1.77. The molecule has 1 aliphatic heterocycles. The van der Waals surface area contributed by atoms with Crippen molar-refractivity contribution in [3.8, 4) is 0 Å². The molecular formula is C14H18ClNO2. The topological polar surface area (TPSA) is 40.5 Å². The fourth-order valence-electron chi connectivity index (χ4n) is 2.40. The van der Waals surface area contributed by atoms with E-state index in [1.54, 1.807) is 12.1 Å². The third-order valence-electron chi connectivity index (χ3n) is 3.52. The first-order chi connectivity index (χ1) is 8.61. The lowest BCUT2D eigenvalue weighted by Crippen LogP contribution is -2.28. The Kier molecular flexibility index (Phi) is 4.25. The zero-order chi connectivity index (χ0) is 13.1. The molecule has 2 rings (SSSR count). The van der Waals surface area contributed by atoms with Crippen LogP contribution in [0.25, 0.3) is 0 Å². The molecule has 1 aliphatic rings. The van der Waals surface area contributed by atoms with Gasteiger partial charge in [0, 0.05) is 30.3 Å². The van der Waals surface area contributed by atoms with Gasteiger partial charge in [0.2, 0.25) is 0 Å². The average Bonchev–Trinajstić information content (AvgIpc) is 2.81. The number of amides is 1. The van der Waals surface area contributed by atoms with Crippen molar-refractivity contribution in [3.05, 3.63) is 34.3 Å². The molecule has 4 heteroatoms. The van der Waals surface area contributed by atoms with E-state index in [-0.39, 0.29) is 12.5 Å². The number of rotatable bonds is 3. The maximum Gasteiger partial charge on any atom is 0.253 e. The number of aliphatic hydroxyl groups excluding tert-OH is 1. The first kappa shape index (κ1) is 13.4. The molecule has 1 N–H and O–H groups in total. The molecule has 0 aliphatic carbocycles. The predicted molar refractivity (Wildman–Crippen MR) is 71.9 cm³/mol. The molecule has 0 aromatic heterocycles. The SMILES string of the molecule is Cc1cc(C(=O)N2CCC(CCO)C2)ccc1Cl. The van der Waals surface area contributed by atoms with Gasteiger partial charge in [-0.2, -0.15) is 0 Å². The summed E-state index contributed by atoms with van der Waals surface area (Å²) in [5.41, 5.74) is 1.62. The maximum atomic E-state index is 12.3. The van der Waals surface area contributed by atoms with Crippen molar-refractivity contribution < 1.29 is 9.90 Å². The van der Waals surface area contributed by atoms with Crippen LogP contribution in [0.5, 0.6) is 0 Å². The third kappa shape index (κ3) is 2.85. The van der Waals surface area contributed by atoms with Crippen molar-refractivity contribution in [1.82, 2.24) is 4.90 Å². The number of aryl methyl sites for hydroxylation is 1. The van der Waals surface area contributed by atoms with Crippen LogP contribution in [0, 0.1) is 12.8 Å². The van der Waals surface area contributed by atoms with Gasteiger partial charge in [-0.3, -0.25) is 4.79 Å². The van der Waals surface area contributed by atoms with Gasteiger partial charge in [-0.1, -0.05) is 11.6 Å². The molecule has 1 fully saturated rings. The number of hydrogen-bond donors (Lipinski definition) is 1. The second kappa shape index (κ2) is 5.72. The molecule has 98 valence electrons. The van der Waals surface area contributed by atoms with Gasteiger partial charge in [0.15, 0.2) is 0 Å². The molecule has 1 saturated heterocycles. The van der Waals surface area contributed by atoms with Crippen LogP contribution >= 0.6 is 11.6 Å². The van der Waals surface area contributed by atoms with Gasteiger partial charge in [-0.05, 0) is 49.4 Å². The van der Waals surface area contributed by atoms with E-state index in [1.807, 2.05) is 17.9 Å². The second-order valence-electron chi connectivity index (χ2n) is 4.88. The zero-order valence-electron chi connectivity index (χ0n) is 10.5. The Balaban J connectivity index is 2.05. The standard InChI is InChI=1S/C14H18ClNO2/c1-10-8-12(2-3-13(10)15)14(18)16-6-4-11(9-16)5-7-17/h2-3,8,11,17H,4-7,9H2,1H3. The van der Waals surface area contributed by atoms with E-state index in [2.05, 4.69) is 0 Å². The maximum absolute atomic E-state index is 12.3. The molecule has 1 aromatic carbocycles. The summed E-state index contributed by atoms with van der Waals surface area (Å²) in [7, 11) is 0. The molecule has 0 spiro atoms. The lowest BCUT2D eigenvalue weighted by Gasteiger charge is -2.17. The Labute approximate surface area is 112 Å². The molecule has 0 bridgehead atoms. The lowest BCUT2D eigenvalue weighted by molar-refractivity contribution is 0.0784. The lowest BCUT2D eigenvalue weighted by atomic mass is 10.1. The minimum atomic E-state index is 0.0650. The van der Waals surface area contributed by atoms with Crippen LogP contribution in [0.15, 0.2) is 18.2 Å². The van der Waals surface area contributed by atoms with Crippen molar-refractivity contribution in [2.75, 3.05) is 19.7 Å². The number of halogens is 1. The summed E-state index contributed by atoms with van der Waals surface area (Å²) in [4.78, 5) is 14.1. The van der Waals surface area contributed by atoms with Gasteiger partial charge in [0.25, 0.3) is 5.91 Å². The van der Waals surface area contributed by atoms with E-state index in [0.29, 0.717) is 16.5 Å². The Morgan fingerprint density at radius 3 is 3.00 bits per heavy atom. The first-order valence-corrected chi connectivity index (χ1v) is 6.66. The van der Waals surface area contributed by atoms with Crippen LogP contribution in [0.1, 0.15) is 28.8 Å². The van der Waals surface area contributed by atoms with Crippen molar-refractivity contribution in [2.24, 2.45) is 5.92 Å². The molecule has 1 unspecified atom stereocenters. The average molecular weight is 268 g/mol. The first-order valence-electron chi connectivity index (χ1n) is 6.28. The van der Waals surface area contributed by atoms with E-state index in [0.717, 1.165) is 31.5 Å². The molecule has 0 saturated carbocycles. The van der Waals surface area contributed by atoms with Crippen LogP contribution in [0.4, 0.5) is 0 Å². The van der Waals surface area contributed by atoms with Gasteiger partial charge in [0.1, 0.15) is 0 Å². The van der Waals surface area contributed by atoms with Crippen LogP contribution in [-0.2, 0) is 0 Å². The van der Waals surface area contributed by atoms with E-state index in [4.69, 9.17) is 16.7 Å². The summed E-state index contributed by atoms with van der Waals surface area (Å²) in [6, 6.07) is 5.38. The molecule has 18 heavy (non-hydrogen) atoms. The number of carbonyl (C=O) groups is 1. The molecule has 1 heterocycles. The van der Waals surface area contributed by atoms with Crippen LogP contribution < -0.4 is 0 Å². The monoisotopic (exact) mass is 267 g/mol. The van der Waals surface area contributed by atoms with E-state index < -0.39 is 0 Å². The number of hydrogen-bond acceptors (Lipinski definition) is 2. The minimum Gasteiger partial charge on any atom is -0.396 e. The minimum absolute atomic E-state index is 0.0650. The van der Waals surface area contributed by atoms with Crippen molar-refractivity contribution in [3.63, 3.8) is 0 Å². The van der Waals surface area contributed by atoms with Crippen molar-refractivity contribution in [1.29, 1.82) is 0 Å². The van der Waals surface area contributed by atoms with E-state index in [9.17, 15) is 4.79 Å². The fraction of sp³-hybridized carbons (Fsp3) is 0.500. The van der Waals surface area contributed by atoms with E-state index >= 15 is 0 Å². The van der Waals surface area contributed by atoms with Gasteiger partial charge < -0.3 is 10.0 Å². The highest BCUT2D eigenvalue weighted by molar-refractivity contribution is 6.31. The second-order valence-corrected chi connectivity index (χ2v) is 5.29. The fourth-order valence-corrected chi connectivity index (χ4v) is 2.51. The van der Waals surface area contributed by atoms with Crippen molar-refractivity contribution in [2.45, 2.75) is 19.8 Å². The number of nitrogens with zero attached hydrogens (tertiary/aromatic N) is 1. The van der Waals surface area contributed by atoms with Gasteiger partial charge in [-0.15, -0.1) is 0 Å². The molecule has 1 amide bonds. The van der Waals surface area contributed by atoms with Gasteiger partial charge in [-0.25, -0.2) is 0 Å². The van der Waals surface area contributed by atoms with Gasteiger partial charge in [0.05, 0.1) is 0 Å². The molecule has 1 aromatic rings. The summed E-state index contributed by atoms with van der Waals surface area (Å²) < 4.78 is 0. The summed E-state index contributed by atoms with van der Waals surface area (Å²) >= 11 is 5.96. The number of likely N-dealkylation sites (tertiary alicyclic amines) is 1. The van der Waals surface area contributed by atoms with Crippen LogP contribution in [0.2, 0.25) is 5.02 Å². The van der Waals surface area contributed by atoms with E-state index in [1.165, 1.54) is 0 Å². The Hall–Kier alpha value is -1.06. The van der Waals surface area contributed by atoms with Crippen LogP contribution in [-0.4, -0.2) is 35.6 Å². The molecule has 1 atom stereocenters. The number of aliphatic hydroxyl groups is 1. The highest BCUT2D eigenvalue weighted by Crippen LogP contribution is 2.23. The summed E-state index contributed by atoms with van der Waals surface area (Å²) in [6.45, 7) is 3.64. The highest BCUT2D eigenvalue weighted by Gasteiger charge is 2.26. The molecule has 0 radical (unpaired) electrons. The third-order valence-corrected chi connectivity index (χ3v) is 3.94. The summed E-state index contributed by atoms with van der Waals surface area (Å²) in [5, 5.41) is 9.60. The number of carbonyl (C=O) groups excluding carboxylic acids is 1. The largest absolute Gasteiger partial charge is 0.396 e. The Morgan fingerprint density at radius 1 is 1.56 bits per heavy atom. The van der Waals surface area contributed by atoms with Crippen LogP contribution in [0.3, 0.4) is 0 Å². The zero-order valence-corrected chi connectivity index (χ0v) is 11.3. The summed E-state index contributed by atoms with van der Waals surface area (Å²) in [5.74, 6) is 0.502. The molecular weight excluding hydrogens is 250 g/mol. The number of benzene rings is 1. The Bertz CT molecular complexity index is 447. The predicted octanol–water partition coefficient (Wildman–Crippen LogP) is 2.49. The molecule has 3 nitrogen and oxygen atoms in total. The van der Waals surface area contributed by atoms with Crippen molar-refractivity contribution >= 4 is 17.5 Å². The quantitative estimate of drug-likeness (QED) is 0.914. The Morgan fingerprint density at radius 2 is 2.33 bits per heavy atom. The smallest absolute Gasteiger partial charge is 0.253 e.